The van der Waals surface area contributed by atoms with Crippen molar-refractivity contribution in [1.82, 2.24) is 14.5 Å². The number of hydrogen-bond acceptors (Lipinski definition) is 6. The van der Waals surface area contributed by atoms with Crippen molar-refractivity contribution in [3.05, 3.63) is 16.8 Å². The fraction of sp³-hybridized carbons (Fsp3) is 0.615. The SMILES string of the molecule is Cc1nnc(NC2CCCN(S(C)(=O)=O)C2)c(C#N)c1C. The van der Waals surface area contributed by atoms with Gasteiger partial charge in [-0.2, -0.15) is 10.4 Å². The molecule has 0 spiro atoms. The first-order chi connectivity index (χ1) is 9.82. The minimum absolute atomic E-state index is 0.0584. The number of aromatic nitrogens is 2. The van der Waals surface area contributed by atoms with Crippen molar-refractivity contribution in [2.75, 3.05) is 24.7 Å². The Hall–Kier alpha value is -1.72. The fourth-order valence-corrected chi connectivity index (χ4v) is 3.31. The number of nitriles is 1. The van der Waals surface area contributed by atoms with Gasteiger partial charge in [-0.1, -0.05) is 0 Å². The Morgan fingerprint density at radius 1 is 1.38 bits per heavy atom. The van der Waals surface area contributed by atoms with Crippen LogP contribution in [0.25, 0.3) is 0 Å². The van der Waals surface area contributed by atoms with E-state index in [0.717, 1.165) is 24.1 Å². The van der Waals surface area contributed by atoms with E-state index in [4.69, 9.17) is 0 Å². The lowest BCUT2D eigenvalue weighted by Crippen LogP contribution is -2.44. The number of sulfonamides is 1. The smallest absolute Gasteiger partial charge is 0.211 e. The molecule has 0 bridgehead atoms. The van der Waals surface area contributed by atoms with E-state index in [1.165, 1.54) is 10.6 Å². The summed E-state index contributed by atoms with van der Waals surface area (Å²) in [6, 6.07) is 2.08. The van der Waals surface area contributed by atoms with Gasteiger partial charge in [-0.05, 0) is 32.3 Å². The zero-order valence-electron chi connectivity index (χ0n) is 12.4. The third kappa shape index (κ3) is 3.49. The normalized spacial score (nSPS) is 20.0. The number of rotatable bonds is 3. The van der Waals surface area contributed by atoms with E-state index in [1.54, 1.807) is 6.92 Å². The minimum Gasteiger partial charge on any atom is -0.363 e. The first kappa shape index (κ1) is 15.7. The second-order valence-electron chi connectivity index (χ2n) is 5.35. The molecule has 2 heterocycles. The fourth-order valence-electron chi connectivity index (χ4n) is 2.40. The molecule has 1 aliphatic heterocycles. The quantitative estimate of drug-likeness (QED) is 0.886. The number of hydrogen-bond donors (Lipinski definition) is 1. The molecule has 0 radical (unpaired) electrons. The molecular weight excluding hydrogens is 290 g/mol. The maximum atomic E-state index is 11.6. The second kappa shape index (κ2) is 5.95. The summed E-state index contributed by atoms with van der Waals surface area (Å²) in [7, 11) is -3.19. The van der Waals surface area contributed by atoms with Crippen LogP contribution in [0.15, 0.2) is 0 Å². The van der Waals surface area contributed by atoms with Crippen LogP contribution in [0, 0.1) is 25.2 Å². The summed E-state index contributed by atoms with van der Waals surface area (Å²) in [6.07, 6.45) is 2.84. The molecular formula is C13H19N5O2S. The van der Waals surface area contributed by atoms with E-state index < -0.39 is 10.0 Å². The first-order valence-corrected chi connectivity index (χ1v) is 8.63. The summed E-state index contributed by atoms with van der Waals surface area (Å²) in [4.78, 5) is 0. The molecule has 114 valence electrons. The van der Waals surface area contributed by atoms with Crippen molar-refractivity contribution < 1.29 is 8.42 Å². The number of aryl methyl sites for hydroxylation is 1. The lowest BCUT2D eigenvalue weighted by molar-refractivity contribution is 0.328. The molecule has 0 aromatic carbocycles. The maximum Gasteiger partial charge on any atom is 0.211 e. The minimum atomic E-state index is -3.19. The highest BCUT2D eigenvalue weighted by Crippen LogP contribution is 2.21. The average Bonchev–Trinajstić information content (AvgIpc) is 2.43. The van der Waals surface area contributed by atoms with E-state index in [-0.39, 0.29) is 6.04 Å². The molecule has 1 aliphatic rings. The predicted octanol–water partition coefficient (Wildman–Crippen LogP) is 0.801. The van der Waals surface area contributed by atoms with Gasteiger partial charge >= 0.3 is 0 Å². The zero-order chi connectivity index (χ0) is 15.6. The molecule has 8 heteroatoms. The summed E-state index contributed by atoms with van der Waals surface area (Å²) in [5, 5.41) is 20.5. The number of anilines is 1. The summed E-state index contributed by atoms with van der Waals surface area (Å²) in [5.41, 5.74) is 1.99. The Balaban J connectivity index is 2.19. The van der Waals surface area contributed by atoms with Crippen LogP contribution in [-0.2, 0) is 10.0 Å². The van der Waals surface area contributed by atoms with Crippen molar-refractivity contribution >= 4 is 15.8 Å². The molecule has 0 amide bonds. The number of nitrogens with zero attached hydrogens (tertiary/aromatic N) is 4. The van der Waals surface area contributed by atoms with Crippen LogP contribution in [0.2, 0.25) is 0 Å². The third-order valence-corrected chi connectivity index (χ3v) is 5.03. The highest BCUT2D eigenvalue weighted by atomic mass is 32.2. The monoisotopic (exact) mass is 309 g/mol. The molecule has 2 rings (SSSR count). The maximum absolute atomic E-state index is 11.6. The summed E-state index contributed by atoms with van der Waals surface area (Å²) in [5.74, 6) is 0.431. The Labute approximate surface area is 125 Å². The van der Waals surface area contributed by atoms with Gasteiger partial charge in [0.1, 0.15) is 11.6 Å². The van der Waals surface area contributed by atoms with Gasteiger partial charge in [0.05, 0.1) is 11.9 Å². The van der Waals surface area contributed by atoms with Crippen molar-refractivity contribution in [1.29, 1.82) is 5.26 Å². The molecule has 0 aliphatic carbocycles. The van der Waals surface area contributed by atoms with E-state index in [1.807, 2.05) is 6.92 Å². The van der Waals surface area contributed by atoms with Gasteiger partial charge in [-0.15, -0.1) is 5.10 Å². The van der Waals surface area contributed by atoms with Gasteiger partial charge in [0.15, 0.2) is 5.82 Å². The Morgan fingerprint density at radius 3 is 2.71 bits per heavy atom. The summed E-state index contributed by atoms with van der Waals surface area (Å²) >= 11 is 0. The average molecular weight is 309 g/mol. The van der Waals surface area contributed by atoms with Crippen LogP contribution in [-0.4, -0.2) is 48.3 Å². The standard InChI is InChI=1S/C13H19N5O2S/c1-9-10(2)16-17-13(12(9)7-14)15-11-5-4-6-18(8-11)21(3,19)20/h11H,4-6,8H2,1-3H3,(H,15,17). The lowest BCUT2D eigenvalue weighted by atomic mass is 10.1. The van der Waals surface area contributed by atoms with Crippen molar-refractivity contribution in [2.24, 2.45) is 0 Å². The topological polar surface area (TPSA) is 99.0 Å². The van der Waals surface area contributed by atoms with E-state index in [0.29, 0.717) is 24.5 Å². The van der Waals surface area contributed by atoms with Gasteiger partial charge in [-0.25, -0.2) is 12.7 Å². The molecule has 1 aromatic rings. The van der Waals surface area contributed by atoms with E-state index in [2.05, 4.69) is 21.6 Å². The van der Waals surface area contributed by atoms with Gasteiger partial charge in [0, 0.05) is 19.1 Å². The first-order valence-electron chi connectivity index (χ1n) is 6.78. The Bertz CT molecular complexity index is 681. The number of nitrogens with one attached hydrogen (secondary N) is 1. The molecule has 21 heavy (non-hydrogen) atoms. The van der Waals surface area contributed by atoms with Crippen molar-refractivity contribution in [3.8, 4) is 6.07 Å². The molecule has 7 nitrogen and oxygen atoms in total. The Kier molecular flexibility index (Phi) is 4.44. The van der Waals surface area contributed by atoms with Gasteiger partial charge < -0.3 is 5.32 Å². The number of piperidine rings is 1. The van der Waals surface area contributed by atoms with E-state index >= 15 is 0 Å². The highest BCUT2D eigenvalue weighted by Gasteiger charge is 2.26. The van der Waals surface area contributed by atoms with Crippen molar-refractivity contribution in [3.63, 3.8) is 0 Å². The Morgan fingerprint density at radius 2 is 2.10 bits per heavy atom. The van der Waals surface area contributed by atoms with Crippen LogP contribution in [0.3, 0.4) is 0 Å². The molecule has 1 N–H and O–H groups in total. The van der Waals surface area contributed by atoms with Crippen LogP contribution in [0.4, 0.5) is 5.82 Å². The summed E-state index contributed by atoms with van der Waals surface area (Å²) in [6.45, 7) is 4.56. The molecule has 1 aromatic heterocycles. The zero-order valence-corrected chi connectivity index (χ0v) is 13.2. The molecule has 1 fully saturated rings. The second-order valence-corrected chi connectivity index (χ2v) is 7.33. The van der Waals surface area contributed by atoms with Crippen LogP contribution in [0.5, 0.6) is 0 Å². The lowest BCUT2D eigenvalue weighted by Gasteiger charge is -2.31. The molecule has 0 saturated carbocycles. The van der Waals surface area contributed by atoms with Crippen LogP contribution >= 0.6 is 0 Å². The molecule has 1 atom stereocenters. The molecule has 1 unspecified atom stereocenters. The predicted molar refractivity (Wildman–Crippen MR) is 79.3 cm³/mol. The molecule has 1 saturated heterocycles. The van der Waals surface area contributed by atoms with E-state index in [9.17, 15) is 13.7 Å². The van der Waals surface area contributed by atoms with Gasteiger partial charge in [0.25, 0.3) is 0 Å². The van der Waals surface area contributed by atoms with Crippen molar-refractivity contribution in [2.45, 2.75) is 32.7 Å². The van der Waals surface area contributed by atoms with Crippen LogP contribution in [0.1, 0.15) is 29.7 Å². The van der Waals surface area contributed by atoms with Gasteiger partial charge in [-0.3, -0.25) is 0 Å². The summed E-state index contributed by atoms with van der Waals surface area (Å²) < 4.78 is 24.7. The highest BCUT2D eigenvalue weighted by molar-refractivity contribution is 7.88. The van der Waals surface area contributed by atoms with Gasteiger partial charge in [0.2, 0.25) is 10.0 Å². The largest absolute Gasteiger partial charge is 0.363 e. The van der Waals surface area contributed by atoms with Crippen LogP contribution < -0.4 is 5.32 Å². The third-order valence-electron chi connectivity index (χ3n) is 3.76.